The van der Waals surface area contributed by atoms with Gasteiger partial charge in [-0.1, -0.05) is 0 Å². The molecule has 0 atom stereocenters. The highest BCUT2D eigenvalue weighted by Gasteiger charge is 2.10. The van der Waals surface area contributed by atoms with Gasteiger partial charge in [-0.25, -0.2) is 9.78 Å². The highest BCUT2D eigenvalue weighted by atomic mass is 16.3. The van der Waals surface area contributed by atoms with Crippen molar-refractivity contribution in [3.8, 4) is 0 Å². The van der Waals surface area contributed by atoms with Gasteiger partial charge >= 0.3 is 5.69 Å². The van der Waals surface area contributed by atoms with Crippen molar-refractivity contribution in [3.05, 3.63) is 22.5 Å². The predicted molar refractivity (Wildman–Crippen MR) is 49.7 cm³/mol. The molecule has 0 fully saturated rings. The Hall–Kier alpha value is -1.69. The molecule has 0 aliphatic heterocycles. The van der Waals surface area contributed by atoms with Crippen LogP contribution in [0, 0.1) is 0 Å². The molecule has 0 saturated heterocycles. The van der Waals surface area contributed by atoms with Crippen LogP contribution in [0.15, 0.2) is 11.0 Å². The van der Waals surface area contributed by atoms with Crippen molar-refractivity contribution in [1.29, 1.82) is 0 Å². The second kappa shape index (κ2) is 2.91. The first-order chi connectivity index (χ1) is 6.65. The van der Waals surface area contributed by atoms with Gasteiger partial charge in [0.1, 0.15) is 23.6 Å². The third-order valence-electron chi connectivity index (χ3n) is 2.23. The Labute approximate surface area is 79.5 Å². The van der Waals surface area contributed by atoms with E-state index in [0.717, 1.165) is 0 Å². The molecule has 74 valence electrons. The molecule has 6 heteroatoms. The summed E-state index contributed by atoms with van der Waals surface area (Å²) >= 11 is 0. The molecule has 2 rings (SSSR count). The molecule has 0 aliphatic carbocycles. The van der Waals surface area contributed by atoms with E-state index in [4.69, 9.17) is 5.11 Å². The smallest absolute Gasteiger partial charge is 0.348 e. The van der Waals surface area contributed by atoms with Gasteiger partial charge in [0, 0.05) is 14.1 Å². The van der Waals surface area contributed by atoms with E-state index in [-0.39, 0.29) is 12.3 Å². The van der Waals surface area contributed by atoms with Gasteiger partial charge in [0.2, 0.25) is 0 Å². The number of aliphatic hydroxyl groups excluding tert-OH is 1. The van der Waals surface area contributed by atoms with Gasteiger partial charge in [-0.05, 0) is 0 Å². The van der Waals surface area contributed by atoms with Crippen LogP contribution in [-0.4, -0.2) is 24.2 Å². The van der Waals surface area contributed by atoms with Crippen LogP contribution >= 0.6 is 0 Å². The topological polar surface area (TPSA) is 72.9 Å². The minimum absolute atomic E-state index is 0.153. The van der Waals surface area contributed by atoms with E-state index >= 15 is 0 Å². The number of hydrogen-bond acceptors (Lipinski definition) is 4. The first kappa shape index (κ1) is 8.89. The Morgan fingerprint density at radius 2 is 2.14 bits per heavy atom. The molecule has 1 N–H and O–H groups in total. The minimum atomic E-state index is -0.329. The van der Waals surface area contributed by atoms with Gasteiger partial charge in [0.25, 0.3) is 0 Å². The van der Waals surface area contributed by atoms with Crippen LogP contribution in [0.4, 0.5) is 0 Å². The van der Waals surface area contributed by atoms with Crippen LogP contribution in [0.25, 0.3) is 11.2 Å². The number of aromatic nitrogens is 4. The molecule has 0 spiro atoms. The fraction of sp³-hybridized carbons (Fsp3) is 0.375. The van der Waals surface area contributed by atoms with Crippen molar-refractivity contribution in [1.82, 2.24) is 19.1 Å². The number of hydrogen-bond donors (Lipinski definition) is 1. The first-order valence-corrected chi connectivity index (χ1v) is 4.13. The average Bonchev–Trinajstić information content (AvgIpc) is 2.50. The summed E-state index contributed by atoms with van der Waals surface area (Å²) in [6, 6.07) is 0. The number of nitrogens with zero attached hydrogens (tertiary/aromatic N) is 4. The molecule has 14 heavy (non-hydrogen) atoms. The van der Waals surface area contributed by atoms with Crippen LogP contribution < -0.4 is 5.69 Å². The summed E-state index contributed by atoms with van der Waals surface area (Å²) in [5, 5.41) is 8.99. The monoisotopic (exact) mass is 194 g/mol. The molecule has 0 aromatic carbocycles. The van der Waals surface area contributed by atoms with Gasteiger partial charge in [-0.2, -0.15) is 4.98 Å². The first-order valence-electron chi connectivity index (χ1n) is 4.13. The molecule has 0 unspecified atom stereocenters. The SMILES string of the molecule is Cn1c(CO)nc2cnc(=O)n(C)c21. The number of fused-ring (bicyclic) bond motifs is 1. The highest BCUT2D eigenvalue weighted by molar-refractivity contribution is 5.70. The molecular formula is C8H10N4O2. The third-order valence-corrected chi connectivity index (χ3v) is 2.23. The van der Waals surface area contributed by atoms with Crippen LogP contribution in [0.5, 0.6) is 0 Å². The zero-order valence-corrected chi connectivity index (χ0v) is 7.93. The summed E-state index contributed by atoms with van der Waals surface area (Å²) in [5.41, 5.74) is 0.942. The van der Waals surface area contributed by atoms with Gasteiger partial charge in [-0.3, -0.25) is 4.57 Å². The summed E-state index contributed by atoms with van der Waals surface area (Å²) in [5.74, 6) is 0.517. The number of rotatable bonds is 1. The second-order valence-corrected chi connectivity index (χ2v) is 3.05. The molecule has 2 aromatic heterocycles. The Morgan fingerprint density at radius 1 is 1.43 bits per heavy atom. The van der Waals surface area contributed by atoms with Gasteiger partial charge in [0.15, 0.2) is 0 Å². The average molecular weight is 194 g/mol. The van der Waals surface area contributed by atoms with E-state index in [1.165, 1.54) is 10.8 Å². The fourth-order valence-electron chi connectivity index (χ4n) is 1.48. The van der Waals surface area contributed by atoms with Crippen LogP contribution in [0.1, 0.15) is 5.82 Å². The summed E-state index contributed by atoms with van der Waals surface area (Å²) in [6.45, 7) is -0.153. The van der Waals surface area contributed by atoms with E-state index in [2.05, 4.69) is 9.97 Å². The lowest BCUT2D eigenvalue weighted by molar-refractivity contribution is 0.268. The zero-order valence-electron chi connectivity index (χ0n) is 7.93. The lowest BCUT2D eigenvalue weighted by atomic mass is 10.5. The van der Waals surface area contributed by atoms with Gasteiger partial charge in [0.05, 0.1) is 6.20 Å². The Kier molecular flexibility index (Phi) is 1.85. The minimum Gasteiger partial charge on any atom is -0.388 e. The van der Waals surface area contributed by atoms with E-state index < -0.39 is 0 Å². The van der Waals surface area contributed by atoms with E-state index in [9.17, 15) is 4.79 Å². The fourth-order valence-corrected chi connectivity index (χ4v) is 1.48. The summed E-state index contributed by atoms with van der Waals surface area (Å²) in [7, 11) is 3.38. The molecule has 0 radical (unpaired) electrons. The largest absolute Gasteiger partial charge is 0.388 e. The maximum Gasteiger partial charge on any atom is 0.348 e. The Balaban J connectivity index is 2.94. The lowest BCUT2D eigenvalue weighted by Gasteiger charge is -2.01. The molecular weight excluding hydrogens is 184 g/mol. The summed E-state index contributed by atoms with van der Waals surface area (Å²) in [6.07, 6.45) is 1.41. The van der Waals surface area contributed by atoms with E-state index in [1.54, 1.807) is 18.7 Å². The molecule has 0 aliphatic rings. The summed E-state index contributed by atoms with van der Waals surface area (Å²) < 4.78 is 3.08. The molecule has 6 nitrogen and oxygen atoms in total. The van der Waals surface area contributed by atoms with Crippen LogP contribution in [0.3, 0.4) is 0 Å². The lowest BCUT2D eigenvalue weighted by Crippen LogP contribution is -2.20. The quantitative estimate of drug-likeness (QED) is 0.642. The van der Waals surface area contributed by atoms with E-state index in [0.29, 0.717) is 17.0 Å². The number of imidazole rings is 1. The molecule has 0 bridgehead atoms. The highest BCUT2D eigenvalue weighted by Crippen LogP contribution is 2.10. The van der Waals surface area contributed by atoms with Crippen molar-refractivity contribution >= 4 is 11.2 Å². The molecule has 0 saturated carbocycles. The normalized spacial score (nSPS) is 11.1. The second-order valence-electron chi connectivity index (χ2n) is 3.05. The third kappa shape index (κ3) is 1.04. The molecule has 0 amide bonds. The van der Waals surface area contributed by atoms with Crippen molar-refractivity contribution in [2.75, 3.05) is 0 Å². The maximum absolute atomic E-state index is 11.2. The van der Waals surface area contributed by atoms with Crippen LogP contribution in [0.2, 0.25) is 0 Å². The number of aryl methyl sites for hydroxylation is 2. The van der Waals surface area contributed by atoms with Crippen molar-refractivity contribution < 1.29 is 5.11 Å². The van der Waals surface area contributed by atoms with Gasteiger partial charge in [-0.15, -0.1) is 0 Å². The predicted octanol–water partition coefficient (Wildman–Crippen LogP) is -0.841. The Bertz CT molecular complexity index is 540. The standard InChI is InChI=1S/C8H10N4O2/c1-11-6(4-13)10-5-3-9-8(14)12(2)7(5)11/h3,13H,4H2,1-2H3. The maximum atomic E-state index is 11.2. The van der Waals surface area contributed by atoms with E-state index in [1.807, 2.05) is 0 Å². The van der Waals surface area contributed by atoms with Crippen molar-refractivity contribution in [2.24, 2.45) is 14.1 Å². The Morgan fingerprint density at radius 3 is 2.79 bits per heavy atom. The summed E-state index contributed by atoms with van der Waals surface area (Å²) in [4.78, 5) is 19.0. The zero-order chi connectivity index (χ0) is 10.3. The van der Waals surface area contributed by atoms with Gasteiger partial charge < -0.3 is 9.67 Å². The van der Waals surface area contributed by atoms with Crippen LogP contribution in [-0.2, 0) is 20.7 Å². The van der Waals surface area contributed by atoms with Crippen molar-refractivity contribution in [3.63, 3.8) is 0 Å². The molecule has 2 heterocycles. The van der Waals surface area contributed by atoms with Crippen molar-refractivity contribution in [2.45, 2.75) is 6.61 Å². The number of aliphatic hydroxyl groups is 1. The molecule has 2 aromatic rings.